The van der Waals surface area contributed by atoms with Gasteiger partial charge < -0.3 is 10.2 Å². The fourth-order valence-corrected chi connectivity index (χ4v) is 3.15. The van der Waals surface area contributed by atoms with Gasteiger partial charge in [-0.25, -0.2) is 4.39 Å². The molecule has 0 saturated carbocycles. The van der Waals surface area contributed by atoms with Crippen molar-refractivity contribution in [2.75, 3.05) is 19.6 Å². The number of hydrogen-bond acceptors (Lipinski definition) is 2. The van der Waals surface area contributed by atoms with E-state index in [0.717, 1.165) is 31.5 Å². The van der Waals surface area contributed by atoms with Crippen molar-refractivity contribution < 1.29 is 14.0 Å². The van der Waals surface area contributed by atoms with Crippen molar-refractivity contribution in [2.24, 2.45) is 5.92 Å². The molecule has 0 radical (unpaired) electrons. The standard InChI is InChI=1S/C19H27FN2O2/c1-14(2)17(15-6-8-16(20)9-7-15)12-18(23)21-13-19(24)22-10-4-3-5-11-22/h6-9,14,17H,3-5,10-13H2,1-2H3,(H,21,23). The number of rotatable bonds is 6. The summed E-state index contributed by atoms with van der Waals surface area (Å²) in [5, 5.41) is 2.74. The lowest BCUT2D eigenvalue weighted by Crippen LogP contribution is -2.42. The van der Waals surface area contributed by atoms with Crippen LogP contribution in [0.5, 0.6) is 0 Å². The first kappa shape index (κ1) is 18.4. The van der Waals surface area contributed by atoms with Crippen molar-refractivity contribution in [2.45, 2.75) is 45.4 Å². The van der Waals surface area contributed by atoms with Crippen LogP contribution in [-0.4, -0.2) is 36.3 Å². The third-order valence-corrected chi connectivity index (χ3v) is 4.65. The Morgan fingerprint density at radius 2 is 1.75 bits per heavy atom. The monoisotopic (exact) mass is 334 g/mol. The van der Waals surface area contributed by atoms with Crippen molar-refractivity contribution in [3.63, 3.8) is 0 Å². The van der Waals surface area contributed by atoms with Crippen LogP contribution in [0, 0.1) is 11.7 Å². The first-order valence-electron chi connectivity index (χ1n) is 8.77. The van der Waals surface area contributed by atoms with E-state index in [1.807, 2.05) is 18.7 Å². The molecule has 0 bridgehead atoms. The molecular weight excluding hydrogens is 307 g/mol. The zero-order valence-corrected chi connectivity index (χ0v) is 14.6. The highest BCUT2D eigenvalue weighted by Gasteiger charge is 2.21. The number of nitrogens with zero attached hydrogens (tertiary/aromatic N) is 1. The van der Waals surface area contributed by atoms with Gasteiger partial charge in [0, 0.05) is 19.5 Å². The van der Waals surface area contributed by atoms with Crippen LogP contribution < -0.4 is 5.32 Å². The molecule has 132 valence electrons. The minimum absolute atomic E-state index is 0.00840. The van der Waals surface area contributed by atoms with Gasteiger partial charge in [-0.15, -0.1) is 0 Å². The highest BCUT2D eigenvalue weighted by molar-refractivity contribution is 5.85. The van der Waals surface area contributed by atoms with Crippen LogP contribution in [0.25, 0.3) is 0 Å². The highest BCUT2D eigenvalue weighted by Crippen LogP contribution is 2.28. The summed E-state index contributed by atoms with van der Waals surface area (Å²) in [6.45, 7) is 5.73. The molecule has 1 unspecified atom stereocenters. The Morgan fingerprint density at radius 3 is 2.33 bits per heavy atom. The quantitative estimate of drug-likeness (QED) is 0.869. The van der Waals surface area contributed by atoms with Crippen molar-refractivity contribution in [3.05, 3.63) is 35.6 Å². The van der Waals surface area contributed by atoms with Gasteiger partial charge in [-0.3, -0.25) is 9.59 Å². The van der Waals surface area contributed by atoms with E-state index < -0.39 is 0 Å². The van der Waals surface area contributed by atoms with E-state index in [2.05, 4.69) is 5.32 Å². The number of benzene rings is 1. The van der Waals surface area contributed by atoms with E-state index in [1.54, 1.807) is 12.1 Å². The van der Waals surface area contributed by atoms with Crippen LogP contribution in [-0.2, 0) is 9.59 Å². The molecule has 1 saturated heterocycles. The number of piperidine rings is 1. The Kier molecular flexibility index (Phi) is 6.76. The number of carbonyl (C=O) groups excluding carboxylic acids is 2. The Bertz CT molecular complexity index is 551. The molecule has 0 aliphatic carbocycles. The number of carbonyl (C=O) groups is 2. The largest absolute Gasteiger partial charge is 0.347 e. The van der Waals surface area contributed by atoms with Gasteiger partial charge in [0.25, 0.3) is 0 Å². The highest BCUT2D eigenvalue weighted by atomic mass is 19.1. The molecule has 1 aliphatic rings. The molecule has 1 atom stereocenters. The summed E-state index contributed by atoms with van der Waals surface area (Å²) in [6.07, 6.45) is 3.56. The van der Waals surface area contributed by atoms with Gasteiger partial charge >= 0.3 is 0 Å². The second-order valence-corrected chi connectivity index (χ2v) is 6.82. The third kappa shape index (κ3) is 5.32. The minimum atomic E-state index is -0.280. The first-order valence-corrected chi connectivity index (χ1v) is 8.77. The van der Waals surface area contributed by atoms with E-state index in [9.17, 15) is 14.0 Å². The first-order chi connectivity index (χ1) is 11.5. The molecule has 1 aromatic rings. The average Bonchev–Trinajstić information content (AvgIpc) is 2.59. The van der Waals surface area contributed by atoms with E-state index in [4.69, 9.17) is 0 Å². The van der Waals surface area contributed by atoms with Crippen LogP contribution >= 0.6 is 0 Å². The van der Waals surface area contributed by atoms with Gasteiger partial charge in [0.1, 0.15) is 5.82 Å². The average molecular weight is 334 g/mol. The molecular formula is C19H27FN2O2. The zero-order chi connectivity index (χ0) is 17.5. The molecule has 1 aromatic carbocycles. The maximum Gasteiger partial charge on any atom is 0.241 e. The van der Waals surface area contributed by atoms with E-state index >= 15 is 0 Å². The fraction of sp³-hybridized carbons (Fsp3) is 0.579. The number of amides is 2. The molecule has 4 nitrogen and oxygen atoms in total. The minimum Gasteiger partial charge on any atom is -0.347 e. The van der Waals surface area contributed by atoms with Gasteiger partial charge in [-0.05, 0) is 48.8 Å². The summed E-state index contributed by atoms with van der Waals surface area (Å²) >= 11 is 0. The fourth-order valence-electron chi connectivity index (χ4n) is 3.15. The summed E-state index contributed by atoms with van der Waals surface area (Å²) in [6, 6.07) is 6.29. The topological polar surface area (TPSA) is 49.4 Å². The van der Waals surface area contributed by atoms with E-state index in [0.29, 0.717) is 6.42 Å². The maximum absolute atomic E-state index is 13.1. The van der Waals surface area contributed by atoms with E-state index in [1.165, 1.54) is 18.6 Å². The Balaban J connectivity index is 1.86. The summed E-state index contributed by atoms with van der Waals surface area (Å²) < 4.78 is 13.1. The lowest BCUT2D eigenvalue weighted by atomic mass is 9.85. The predicted octanol–water partition coefficient (Wildman–Crippen LogP) is 3.08. The predicted molar refractivity (Wildman–Crippen MR) is 92.0 cm³/mol. The lowest BCUT2D eigenvalue weighted by molar-refractivity contribution is -0.133. The van der Waals surface area contributed by atoms with Crippen molar-refractivity contribution in [3.8, 4) is 0 Å². The van der Waals surface area contributed by atoms with Gasteiger partial charge in [0.2, 0.25) is 11.8 Å². The van der Waals surface area contributed by atoms with E-state index in [-0.39, 0.29) is 36.0 Å². The summed E-state index contributed by atoms with van der Waals surface area (Å²) in [5.74, 6) is -0.165. The Morgan fingerprint density at radius 1 is 1.12 bits per heavy atom. The maximum atomic E-state index is 13.1. The molecule has 2 rings (SSSR count). The van der Waals surface area contributed by atoms with Crippen molar-refractivity contribution in [1.82, 2.24) is 10.2 Å². The van der Waals surface area contributed by atoms with Crippen molar-refractivity contribution >= 4 is 11.8 Å². The van der Waals surface area contributed by atoms with Gasteiger partial charge in [0.05, 0.1) is 6.54 Å². The molecule has 1 fully saturated rings. The number of nitrogens with one attached hydrogen (secondary N) is 1. The zero-order valence-electron chi connectivity index (χ0n) is 14.6. The summed E-state index contributed by atoms with van der Waals surface area (Å²) in [4.78, 5) is 26.2. The molecule has 1 heterocycles. The molecule has 24 heavy (non-hydrogen) atoms. The smallest absolute Gasteiger partial charge is 0.241 e. The van der Waals surface area contributed by atoms with Gasteiger partial charge in [0.15, 0.2) is 0 Å². The SMILES string of the molecule is CC(C)C(CC(=O)NCC(=O)N1CCCCC1)c1ccc(F)cc1. The Hall–Kier alpha value is -1.91. The molecule has 5 heteroatoms. The Labute approximate surface area is 143 Å². The normalized spacial score (nSPS) is 16.1. The molecule has 0 spiro atoms. The number of likely N-dealkylation sites (tertiary alicyclic amines) is 1. The molecule has 2 amide bonds. The van der Waals surface area contributed by atoms with Crippen LogP contribution in [0.15, 0.2) is 24.3 Å². The number of halogens is 1. The van der Waals surface area contributed by atoms with Crippen molar-refractivity contribution in [1.29, 1.82) is 0 Å². The van der Waals surface area contributed by atoms with Crippen LogP contribution in [0.4, 0.5) is 4.39 Å². The second-order valence-electron chi connectivity index (χ2n) is 6.82. The third-order valence-electron chi connectivity index (χ3n) is 4.65. The second kappa shape index (κ2) is 8.81. The molecule has 0 aromatic heterocycles. The van der Waals surface area contributed by atoms with Crippen LogP contribution in [0.2, 0.25) is 0 Å². The summed E-state index contributed by atoms with van der Waals surface area (Å²) in [7, 11) is 0. The molecule has 1 N–H and O–H groups in total. The van der Waals surface area contributed by atoms with Gasteiger partial charge in [-0.2, -0.15) is 0 Å². The number of hydrogen-bond donors (Lipinski definition) is 1. The van der Waals surface area contributed by atoms with Gasteiger partial charge in [-0.1, -0.05) is 26.0 Å². The molecule has 1 aliphatic heterocycles. The lowest BCUT2D eigenvalue weighted by Gasteiger charge is -2.27. The summed E-state index contributed by atoms with van der Waals surface area (Å²) in [5.41, 5.74) is 0.948. The van der Waals surface area contributed by atoms with Crippen LogP contribution in [0.3, 0.4) is 0 Å². The van der Waals surface area contributed by atoms with Crippen LogP contribution in [0.1, 0.15) is 51.0 Å².